The summed E-state index contributed by atoms with van der Waals surface area (Å²) in [6, 6.07) is 11.2. The zero-order chi connectivity index (χ0) is 14.4. The maximum absolute atomic E-state index is 12.5. The molecule has 0 unspecified atom stereocenters. The summed E-state index contributed by atoms with van der Waals surface area (Å²) < 4.78 is 0. The third-order valence-electron chi connectivity index (χ3n) is 2.96. The Kier molecular flexibility index (Phi) is 4.68. The molecule has 2 rings (SSSR count). The number of carbonyl (C=O) groups is 1. The topological polar surface area (TPSA) is 79.5 Å². The normalized spacial score (nSPS) is 10.2. The van der Waals surface area contributed by atoms with E-state index < -0.39 is 0 Å². The van der Waals surface area contributed by atoms with Crippen LogP contribution in [-0.2, 0) is 6.54 Å². The van der Waals surface area contributed by atoms with Crippen LogP contribution in [0.4, 0.5) is 5.69 Å². The molecule has 0 spiro atoms. The van der Waals surface area contributed by atoms with Gasteiger partial charge in [-0.2, -0.15) is 0 Å². The molecule has 5 nitrogen and oxygen atoms in total. The number of nitrogens with zero attached hydrogens (tertiary/aromatic N) is 2. The summed E-state index contributed by atoms with van der Waals surface area (Å²) in [4.78, 5) is 17.9. The number of aliphatic hydroxyl groups excluding tert-OH is 1. The van der Waals surface area contributed by atoms with E-state index in [1.54, 1.807) is 17.2 Å². The van der Waals surface area contributed by atoms with Crippen molar-refractivity contribution in [1.82, 2.24) is 9.88 Å². The molecule has 0 radical (unpaired) electrons. The minimum atomic E-state index is -0.228. The first-order chi connectivity index (χ1) is 9.72. The van der Waals surface area contributed by atoms with E-state index in [4.69, 9.17) is 10.8 Å². The quantitative estimate of drug-likeness (QED) is 0.859. The highest BCUT2D eigenvalue weighted by atomic mass is 16.3. The lowest BCUT2D eigenvalue weighted by Gasteiger charge is -2.22. The van der Waals surface area contributed by atoms with Crippen LogP contribution in [0.1, 0.15) is 15.9 Å². The van der Waals surface area contributed by atoms with E-state index in [1.807, 2.05) is 30.3 Å². The maximum Gasteiger partial charge on any atom is 0.257 e. The molecule has 1 aromatic heterocycles. The van der Waals surface area contributed by atoms with E-state index >= 15 is 0 Å². The van der Waals surface area contributed by atoms with Gasteiger partial charge in [0.15, 0.2) is 0 Å². The Morgan fingerprint density at radius 2 is 2.00 bits per heavy atom. The Labute approximate surface area is 117 Å². The standard InChI is InChI=1S/C15H17N3O2/c16-14-6-7-17-10-13(14)15(20)18(8-9-19)11-12-4-2-1-3-5-12/h1-7,10,19H,8-9,11H2,(H2,16,17). The van der Waals surface area contributed by atoms with E-state index in [1.165, 1.54) is 6.20 Å². The molecule has 0 atom stereocenters. The largest absolute Gasteiger partial charge is 0.398 e. The second-order valence-electron chi connectivity index (χ2n) is 4.40. The lowest BCUT2D eigenvalue weighted by atomic mass is 10.1. The van der Waals surface area contributed by atoms with Crippen LogP contribution < -0.4 is 5.73 Å². The van der Waals surface area contributed by atoms with Crippen molar-refractivity contribution >= 4 is 11.6 Å². The predicted octanol–water partition coefficient (Wildman–Crippen LogP) is 1.30. The summed E-state index contributed by atoms with van der Waals surface area (Å²) in [5, 5.41) is 9.14. The highest BCUT2D eigenvalue weighted by Crippen LogP contribution is 2.14. The van der Waals surface area contributed by atoms with Gasteiger partial charge < -0.3 is 15.7 Å². The molecule has 3 N–H and O–H groups in total. The van der Waals surface area contributed by atoms with Gasteiger partial charge in [-0.15, -0.1) is 0 Å². The predicted molar refractivity (Wildman–Crippen MR) is 76.9 cm³/mol. The second-order valence-corrected chi connectivity index (χ2v) is 4.40. The smallest absolute Gasteiger partial charge is 0.257 e. The van der Waals surface area contributed by atoms with Crippen LogP contribution in [-0.4, -0.2) is 34.0 Å². The first-order valence-electron chi connectivity index (χ1n) is 6.36. The third-order valence-corrected chi connectivity index (χ3v) is 2.96. The van der Waals surface area contributed by atoms with Gasteiger partial charge in [0.1, 0.15) is 0 Å². The van der Waals surface area contributed by atoms with Gasteiger partial charge in [0.25, 0.3) is 5.91 Å². The summed E-state index contributed by atoms with van der Waals surface area (Å²) in [6.45, 7) is 0.579. The Hall–Kier alpha value is -2.40. The van der Waals surface area contributed by atoms with Crippen LogP contribution >= 0.6 is 0 Å². The minimum absolute atomic E-state index is 0.0985. The number of aromatic nitrogens is 1. The van der Waals surface area contributed by atoms with E-state index in [2.05, 4.69) is 4.98 Å². The molecule has 104 valence electrons. The van der Waals surface area contributed by atoms with Gasteiger partial charge in [0.2, 0.25) is 0 Å². The van der Waals surface area contributed by atoms with E-state index in [-0.39, 0.29) is 19.1 Å². The van der Waals surface area contributed by atoms with Gasteiger partial charge in [-0.3, -0.25) is 9.78 Å². The van der Waals surface area contributed by atoms with Crippen LogP contribution in [0, 0.1) is 0 Å². The van der Waals surface area contributed by atoms with Crippen molar-refractivity contribution in [3.63, 3.8) is 0 Å². The van der Waals surface area contributed by atoms with Gasteiger partial charge in [0.05, 0.1) is 12.2 Å². The molecule has 0 saturated carbocycles. The molecule has 1 amide bonds. The number of nitrogen functional groups attached to an aromatic ring is 1. The SMILES string of the molecule is Nc1ccncc1C(=O)N(CCO)Cc1ccccc1. The number of anilines is 1. The average Bonchev–Trinajstić information content (AvgIpc) is 2.48. The Balaban J connectivity index is 2.20. The molecule has 5 heteroatoms. The summed E-state index contributed by atoms with van der Waals surface area (Å²) in [6.07, 6.45) is 2.99. The summed E-state index contributed by atoms with van der Waals surface area (Å²) in [7, 11) is 0. The number of hydrogen-bond acceptors (Lipinski definition) is 4. The Morgan fingerprint density at radius 1 is 1.25 bits per heavy atom. The van der Waals surface area contributed by atoms with Crippen molar-refractivity contribution in [1.29, 1.82) is 0 Å². The average molecular weight is 271 g/mol. The van der Waals surface area contributed by atoms with Crippen LogP contribution in [0.2, 0.25) is 0 Å². The number of aliphatic hydroxyl groups is 1. The highest BCUT2D eigenvalue weighted by Gasteiger charge is 2.18. The van der Waals surface area contributed by atoms with Crippen molar-refractivity contribution < 1.29 is 9.90 Å². The first kappa shape index (κ1) is 14.0. The molecule has 20 heavy (non-hydrogen) atoms. The third kappa shape index (κ3) is 3.33. The van der Waals surface area contributed by atoms with Crippen molar-refractivity contribution in [2.45, 2.75) is 6.54 Å². The Morgan fingerprint density at radius 3 is 2.65 bits per heavy atom. The molecule has 1 aromatic carbocycles. The fourth-order valence-corrected chi connectivity index (χ4v) is 1.93. The van der Waals surface area contributed by atoms with E-state index in [9.17, 15) is 4.79 Å². The second kappa shape index (κ2) is 6.68. The van der Waals surface area contributed by atoms with Crippen molar-refractivity contribution in [3.05, 3.63) is 59.9 Å². The van der Waals surface area contributed by atoms with Crippen molar-refractivity contribution in [2.24, 2.45) is 0 Å². The zero-order valence-corrected chi connectivity index (χ0v) is 11.1. The number of nitrogens with two attached hydrogens (primary N) is 1. The van der Waals surface area contributed by atoms with Crippen LogP contribution in [0.3, 0.4) is 0 Å². The fraction of sp³-hybridized carbons (Fsp3) is 0.200. The number of carbonyl (C=O) groups excluding carboxylic acids is 1. The van der Waals surface area contributed by atoms with Gasteiger partial charge >= 0.3 is 0 Å². The van der Waals surface area contributed by atoms with Crippen molar-refractivity contribution in [2.75, 3.05) is 18.9 Å². The van der Waals surface area contributed by atoms with Gasteiger partial charge in [-0.05, 0) is 11.6 Å². The Bertz CT molecular complexity index is 572. The number of hydrogen-bond donors (Lipinski definition) is 2. The van der Waals surface area contributed by atoms with E-state index in [0.717, 1.165) is 5.56 Å². The summed E-state index contributed by atoms with van der Waals surface area (Å²) in [5.41, 5.74) is 7.54. The summed E-state index contributed by atoms with van der Waals surface area (Å²) in [5.74, 6) is -0.228. The lowest BCUT2D eigenvalue weighted by molar-refractivity contribution is 0.0708. The molecule has 0 saturated heterocycles. The van der Waals surface area contributed by atoms with Gasteiger partial charge in [-0.1, -0.05) is 30.3 Å². The number of rotatable bonds is 5. The molecule has 0 fully saturated rings. The molecule has 2 aromatic rings. The van der Waals surface area contributed by atoms with Crippen LogP contribution in [0.15, 0.2) is 48.8 Å². The molecule has 1 heterocycles. The number of amides is 1. The van der Waals surface area contributed by atoms with Crippen LogP contribution in [0.25, 0.3) is 0 Å². The fourth-order valence-electron chi connectivity index (χ4n) is 1.93. The maximum atomic E-state index is 12.5. The monoisotopic (exact) mass is 271 g/mol. The highest BCUT2D eigenvalue weighted by molar-refractivity contribution is 5.98. The number of benzene rings is 1. The molecule has 0 aliphatic rings. The summed E-state index contributed by atoms with van der Waals surface area (Å²) >= 11 is 0. The molecule has 0 aliphatic carbocycles. The first-order valence-corrected chi connectivity index (χ1v) is 6.36. The zero-order valence-electron chi connectivity index (χ0n) is 11.1. The molecule has 0 aliphatic heterocycles. The molecular formula is C15H17N3O2. The molecule has 0 bridgehead atoms. The van der Waals surface area contributed by atoms with E-state index in [0.29, 0.717) is 17.8 Å². The minimum Gasteiger partial charge on any atom is -0.398 e. The number of pyridine rings is 1. The van der Waals surface area contributed by atoms with Gasteiger partial charge in [0, 0.05) is 31.2 Å². The van der Waals surface area contributed by atoms with Gasteiger partial charge in [-0.25, -0.2) is 0 Å². The molecular weight excluding hydrogens is 254 g/mol. The van der Waals surface area contributed by atoms with Crippen LogP contribution in [0.5, 0.6) is 0 Å². The lowest BCUT2D eigenvalue weighted by Crippen LogP contribution is -2.33. The van der Waals surface area contributed by atoms with Crippen molar-refractivity contribution in [3.8, 4) is 0 Å².